The highest BCUT2D eigenvalue weighted by atomic mass is 19.4. The van der Waals surface area contributed by atoms with E-state index < -0.39 is 29.9 Å². The van der Waals surface area contributed by atoms with Gasteiger partial charge in [-0.1, -0.05) is 12.1 Å². The summed E-state index contributed by atoms with van der Waals surface area (Å²) in [6.07, 6.45) is -4.04. The lowest BCUT2D eigenvalue weighted by atomic mass is 10.0. The molecule has 0 saturated carbocycles. The normalized spacial score (nSPS) is 21.6. The Labute approximate surface area is 113 Å². The predicted molar refractivity (Wildman–Crippen MR) is 64.2 cm³/mol. The molecule has 1 heterocycles. The largest absolute Gasteiger partial charge is 0.473 e. The number of nitrogens with zero attached hydrogens (tertiary/aromatic N) is 1. The zero-order chi connectivity index (χ0) is 14.8. The molecule has 0 fully saturated rings. The Kier molecular flexibility index (Phi) is 3.96. The molecule has 7 heteroatoms. The molecule has 0 aliphatic carbocycles. The van der Waals surface area contributed by atoms with Crippen LogP contribution in [0.25, 0.3) is 0 Å². The van der Waals surface area contributed by atoms with Crippen LogP contribution in [-0.2, 0) is 20.4 Å². The molecule has 20 heavy (non-hydrogen) atoms. The fraction of sp³-hybridized carbons (Fsp3) is 0.385. The first kappa shape index (κ1) is 14.4. The summed E-state index contributed by atoms with van der Waals surface area (Å²) in [6.45, 7) is 1.86. The maximum absolute atomic E-state index is 12.5. The van der Waals surface area contributed by atoms with Crippen LogP contribution in [0.1, 0.15) is 24.2 Å². The first-order chi connectivity index (χ1) is 9.43. The first-order valence-corrected chi connectivity index (χ1v) is 5.94. The van der Waals surface area contributed by atoms with Crippen molar-refractivity contribution in [3.05, 3.63) is 35.4 Å². The third-order valence-corrected chi connectivity index (χ3v) is 2.81. The number of benzene rings is 1. The van der Waals surface area contributed by atoms with E-state index in [1.807, 2.05) is 0 Å². The van der Waals surface area contributed by atoms with Gasteiger partial charge in [-0.25, -0.2) is 9.79 Å². The van der Waals surface area contributed by atoms with Crippen LogP contribution in [0, 0.1) is 0 Å². The van der Waals surface area contributed by atoms with Crippen LogP contribution in [0.2, 0.25) is 0 Å². The van der Waals surface area contributed by atoms with Gasteiger partial charge in [0.15, 0.2) is 18.5 Å². The van der Waals surface area contributed by atoms with Gasteiger partial charge in [-0.3, -0.25) is 0 Å². The van der Waals surface area contributed by atoms with Crippen LogP contribution in [0.5, 0.6) is 0 Å². The Morgan fingerprint density at radius 1 is 1.35 bits per heavy atom. The zero-order valence-electron chi connectivity index (χ0n) is 10.6. The van der Waals surface area contributed by atoms with Gasteiger partial charge in [0.05, 0.1) is 12.2 Å². The fourth-order valence-corrected chi connectivity index (χ4v) is 1.85. The molecule has 0 bridgehead atoms. The van der Waals surface area contributed by atoms with Crippen molar-refractivity contribution in [1.29, 1.82) is 0 Å². The molecule has 1 aromatic carbocycles. The Balaban J connectivity index is 2.17. The lowest BCUT2D eigenvalue weighted by molar-refractivity contribution is -0.146. The van der Waals surface area contributed by atoms with Gasteiger partial charge in [-0.05, 0) is 24.6 Å². The molecular weight excluding hydrogens is 275 g/mol. The number of hydrogen-bond donors (Lipinski definition) is 0. The second-order valence-electron chi connectivity index (χ2n) is 4.13. The average Bonchev–Trinajstić information content (AvgIpc) is 2.87. The van der Waals surface area contributed by atoms with Gasteiger partial charge < -0.3 is 9.47 Å². The van der Waals surface area contributed by atoms with E-state index in [0.717, 1.165) is 18.5 Å². The second kappa shape index (κ2) is 5.52. The summed E-state index contributed by atoms with van der Waals surface area (Å²) in [7, 11) is 0. The van der Waals surface area contributed by atoms with E-state index >= 15 is 0 Å². The number of carbonyl (C=O) groups is 1. The van der Waals surface area contributed by atoms with Gasteiger partial charge in [0, 0.05) is 0 Å². The van der Waals surface area contributed by atoms with E-state index in [0.29, 0.717) is 5.56 Å². The van der Waals surface area contributed by atoms with Crippen molar-refractivity contribution in [3.8, 4) is 0 Å². The van der Waals surface area contributed by atoms with Gasteiger partial charge in [0.25, 0.3) is 0 Å². The van der Waals surface area contributed by atoms with Crippen LogP contribution >= 0.6 is 0 Å². The van der Waals surface area contributed by atoms with Crippen LogP contribution in [0.15, 0.2) is 29.3 Å². The summed E-state index contributed by atoms with van der Waals surface area (Å²) < 4.78 is 47.4. The highest BCUT2D eigenvalue weighted by Crippen LogP contribution is 2.32. The fourth-order valence-electron chi connectivity index (χ4n) is 1.85. The van der Waals surface area contributed by atoms with Crippen molar-refractivity contribution in [2.75, 3.05) is 6.61 Å². The maximum Gasteiger partial charge on any atom is 0.416 e. The van der Waals surface area contributed by atoms with Crippen LogP contribution < -0.4 is 0 Å². The molecule has 1 aliphatic heterocycles. The van der Waals surface area contributed by atoms with Gasteiger partial charge >= 0.3 is 12.1 Å². The molecule has 1 aromatic rings. The molecule has 0 N–H and O–H groups in total. The molecule has 1 aliphatic rings. The van der Waals surface area contributed by atoms with Crippen LogP contribution in [-0.4, -0.2) is 25.0 Å². The third kappa shape index (κ3) is 2.92. The predicted octanol–water partition coefficient (Wildman–Crippen LogP) is 2.74. The maximum atomic E-state index is 12.5. The summed E-state index contributed by atoms with van der Waals surface area (Å²) in [5.41, 5.74) is -0.318. The Bertz CT molecular complexity index is 511. The van der Waals surface area contributed by atoms with Crippen molar-refractivity contribution in [2.45, 2.75) is 25.2 Å². The minimum atomic E-state index is -4.40. The molecule has 108 valence electrons. The average molecular weight is 287 g/mol. The number of alkyl halides is 3. The summed E-state index contributed by atoms with van der Waals surface area (Å²) in [5.74, 6) is -0.564. The van der Waals surface area contributed by atoms with E-state index in [9.17, 15) is 18.0 Å². The lowest BCUT2D eigenvalue weighted by Crippen LogP contribution is -2.26. The minimum Gasteiger partial charge on any atom is -0.473 e. The number of hydrogen-bond acceptors (Lipinski definition) is 4. The van der Waals surface area contributed by atoms with Crippen molar-refractivity contribution in [1.82, 2.24) is 0 Å². The van der Waals surface area contributed by atoms with E-state index in [4.69, 9.17) is 9.47 Å². The number of ether oxygens (including phenoxy) is 2. The van der Waals surface area contributed by atoms with E-state index in [-0.39, 0.29) is 6.61 Å². The number of halogens is 3. The van der Waals surface area contributed by atoms with Crippen LogP contribution in [0.4, 0.5) is 13.2 Å². The molecule has 0 amide bonds. The molecule has 2 atom stereocenters. The lowest BCUT2D eigenvalue weighted by Gasteiger charge is -2.17. The van der Waals surface area contributed by atoms with Crippen molar-refractivity contribution in [2.24, 2.45) is 4.99 Å². The smallest absolute Gasteiger partial charge is 0.416 e. The zero-order valence-corrected chi connectivity index (χ0v) is 10.6. The SMILES string of the molecule is CCOC(=O)C1N=COC1c1ccc(C(F)(F)F)cc1. The minimum absolute atomic E-state index is 0.199. The van der Waals surface area contributed by atoms with Crippen molar-refractivity contribution >= 4 is 12.4 Å². The number of aliphatic imine (C=N–C) groups is 1. The van der Waals surface area contributed by atoms with Crippen LogP contribution in [0.3, 0.4) is 0 Å². The van der Waals surface area contributed by atoms with E-state index in [1.165, 1.54) is 12.1 Å². The third-order valence-electron chi connectivity index (χ3n) is 2.81. The molecule has 4 nitrogen and oxygen atoms in total. The molecular formula is C13H12F3NO3. The summed E-state index contributed by atoms with van der Waals surface area (Å²) in [5, 5.41) is 0. The quantitative estimate of drug-likeness (QED) is 0.803. The van der Waals surface area contributed by atoms with Gasteiger partial charge in [0.2, 0.25) is 0 Å². The molecule has 0 spiro atoms. The van der Waals surface area contributed by atoms with Crippen molar-refractivity contribution < 1.29 is 27.4 Å². The molecule has 0 aromatic heterocycles. The molecule has 2 unspecified atom stereocenters. The van der Waals surface area contributed by atoms with E-state index in [1.54, 1.807) is 6.92 Å². The Morgan fingerprint density at radius 3 is 2.55 bits per heavy atom. The second-order valence-corrected chi connectivity index (χ2v) is 4.13. The summed E-state index contributed by atoms with van der Waals surface area (Å²) >= 11 is 0. The topological polar surface area (TPSA) is 47.9 Å². The van der Waals surface area contributed by atoms with Gasteiger partial charge in [-0.15, -0.1) is 0 Å². The molecule has 2 rings (SSSR count). The van der Waals surface area contributed by atoms with Gasteiger partial charge in [-0.2, -0.15) is 13.2 Å². The first-order valence-electron chi connectivity index (χ1n) is 5.94. The van der Waals surface area contributed by atoms with Gasteiger partial charge in [0.1, 0.15) is 0 Å². The number of esters is 1. The molecule has 0 saturated heterocycles. The monoisotopic (exact) mass is 287 g/mol. The molecule has 0 radical (unpaired) electrons. The number of rotatable bonds is 3. The Morgan fingerprint density at radius 2 is 2.00 bits per heavy atom. The highest BCUT2D eigenvalue weighted by molar-refractivity contribution is 5.80. The summed E-state index contributed by atoms with van der Waals surface area (Å²) in [6, 6.07) is 3.55. The summed E-state index contributed by atoms with van der Waals surface area (Å²) in [4.78, 5) is 15.5. The number of carbonyl (C=O) groups excluding carboxylic acids is 1. The highest BCUT2D eigenvalue weighted by Gasteiger charge is 2.36. The Hall–Kier alpha value is -2.05. The van der Waals surface area contributed by atoms with E-state index in [2.05, 4.69) is 4.99 Å². The van der Waals surface area contributed by atoms with Crippen molar-refractivity contribution in [3.63, 3.8) is 0 Å². The standard InChI is InChI=1S/C13H12F3NO3/c1-2-19-12(18)10-11(20-7-17-10)8-3-5-9(6-4-8)13(14,15)16/h3-7,10-11H,2H2,1H3.